The zero-order valence-electron chi connectivity index (χ0n) is 21.4. The van der Waals surface area contributed by atoms with Gasteiger partial charge < -0.3 is 19.5 Å². The number of ether oxygens (including phenoxy) is 3. The van der Waals surface area contributed by atoms with Gasteiger partial charge in [-0.05, 0) is 18.2 Å². The Hall–Kier alpha value is -5.24. The highest BCUT2D eigenvalue weighted by Gasteiger charge is 2.16. The molecule has 0 aliphatic rings. The number of aromatic nitrogens is 2. The number of nitrogens with zero attached hydrogens (tertiary/aromatic N) is 2. The molecule has 0 radical (unpaired) electrons. The smallest absolute Gasteiger partial charge is 0.338 e. The van der Waals surface area contributed by atoms with Gasteiger partial charge in [-0.15, -0.1) is 0 Å². The maximum atomic E-state index is 12.8. The molecule has 8 heteroatoms. The summed E-state index contributed by atoms with van der Waals surface area (Å²) in [4.78, 5) is 35.0. The molecule has 0 aliphatic carbocycles. The molecule has 0 unspecified atom stereocenters. The summed E-state index contributed by atoms with van der Waals surface area (Å²) in [6.07, 6.45) is 0. The number of carbonyl (C=O) groups is 2. The summed E-state index contributed by atoms with van der Waals surface area (Å²) in [6.45, 7) is -0.468. The summed E-state index contributed by atoms with van der Waals surface area (Å²) in [5.74, 6) is -0.114. The first-order valence-corrected chi connectivity index (χ1v) is 12.2. The summed E-state index contributed by atoms with van der Waals surface area (Å²) in [5, 5.41) is 2.68. The van der Waals surface area contributed by atoms with Crippen molar-refractivity contribution in [2.24, 2.45) is 0 Å². The molecule has 0 aliphatic heterocycles. The molecule has 1 N–H and O–H groups in total. The molecule has 8 nitrogen and oxygen atoms in total. The lowest BCUT2D eigenvalue weighted by molar-refractivity contribution is -0.119. The number of esters is 1. The molecule has 1 aromatic heterocycles. The van der Waals surface area contributed by atoms with Gasteiger partial charge in [0.2, 0.25) is 0 Å². The van der Waals surface area contributed by atoms with Crippen molar-refractivity contribution in [3.63, 3.8) is 0 Å². The Morgan fingerprint density at radius 1 is 0.692 bits per heavy atom. The lowest BCUT2D eigenvalue weighted by Gasteiger charge is -2.12. The minimum atomic E-state index is -0.648. The third kappa shape index (κ3) is 5.86. The van der Waals surface area contributed by atoms with Crippen molar-refractivity contribution in [1.82, 2.24) is 9.97 Å². The number of nitrogens with one attached hydrogen (secondary N) is 1. The van der Waals surface area contributed by atoms with Gasteiger partial charge in [0, 0.05) is 35.0 Å². The van der Waals surface area contributed by atoms with Crippen LogP contribution < -0.4 is 14.8 Å². The van der Waals surface area contributed by atoms with Gasteiger partial charge in [0.15, 0.2) is 6.61 Å². The van der Waals surface area contributed by atoms with Crippen LogP contribution in [0.15, 0.2) is 97.1 Å². The third-order valence-electron chi connectivity index (χ3n) is 5.96. The zero-order chi connectivity index (χ0) is 27.2. The van der Waals surface area contributed by atoms with Gasteiger partial charge in [0.1, 0.15) is 11.5 Å². The highest BCUT2D eigenvalue weighted by Crippen LogP contribution is 2.31. The predicted octanol–water partition coefficient (Wildman–Crippen LogP) is 5.78. The second kappa shape index (κ2) is 11.4. The van der Waals surface area contributed by atoms with Crippen LogP contribution in [0.5, 0.6) is 11.5 Å². The Labute approximate surface area is 225 Å². The van der Waals surface area contributed by atoms with Crippen LogP contribution in [0.2, 0.25) is 0 Å². The third-order valence-corrected chi connectivity index (χ3v) is 5.96. The first-order chi connectivity index (χ1) is 19.0. The molecular weight excluding hydrogens is 494 g/mol. The lowest BCUT2D eigenvalue weighted by atomic mass is 10.0. The number of amides is 1. The topological polar surface area (TPSA) is 99.6 Å². The molecule has 0 saturated carbocycles. The molecule has 194 valence electrons. The number of rotatable bonds is 8. The van der Waals surface area contributed by atoms with E-state index in [0.29, 0.717) is 33.9 Å². The quantitative estimate of drug-likeness (QED) is 0.260. The average molecular weight is 520 g/mol. The molecule has 1 heterocycles. The Balaban J connectivity index is 1.37. The maximum Gasteiger partial charge on any atom is 0.338 e. The average Bonchev–Trinajstić information content (AvgIpc) is 2.99. The number of hydrogen-bond donors (Lipinski definition) is 1. The fraction of sp³-hybridized carbons (Fsp3) is 0.0968. The molecule has 0 atom stereocenters. The van der Waals surface area contributed by atoms with E-state index < -0.39 is 18.5 Å². The van der Waals surface area contributed by atoms with Crippen molar-refractivity contribution in [3.8, 4) is 34.0 Å². The summed E-state index contributed by atoms with van der Waals surface area (Å²) in [5.41, 5.74) is 5.18. The first-order valence-electron chi connectivity index (χ1n) is 12.2. The van der Waals surface area contributed by atoms with Gasteiger partial charge in [-0.2, -0.15) is 0 Å². The van der Waals surface area contributed by atoms with Crippen LogP contribution >= 0.6 is 0 Å². The van der Waals surface area contributed by atoms with Gasteiger partial charge in [-0.1, -0.05) is 60.7 Å². The van der Waals surface area contributed by atoms with Crippen molar-refractivity contribution in [2.45, 2.75) is 0 Å². The van der Waals surface area contributed by atoms with E-state index in [1.165, 1.54) is 14.2 Å². The molecular formula is C31H25N3O5. The standard InChI is InChI=1S/C31H25N3O5/c1-37-24-16-23(17-25(18-24)38-2)32-28(35)19-39-31(36)22-13-14-26-27(15-22)34-30(21-11-7-4-8-12-21)29(33-26)20-9-5-3-6-10-20/h3-18H,19H2,1-2H3,(H,32,35). The van der Waals surface area contributed by atoms with E-state index in [9.17, 15) is 9.59 Å². The fourth-order valence-corrected chi connectivity index (χ4v) is 4.07. The number of hydrogen-bond acceptors (Lipinski definition) is 7. The second-order valence-corrected chi connectivity index (χ2v) is 8.58. The summed E-state index contributed by atoms with van der Waals surface area (Å²) >= 11 is 0. The summed E-state index contributed by atoms with van der Waals surface area (Å²) in [7, 11) is 3.03. The van der Waals surface area contributed by atoms with Crippen molar-refractivity contribution in [2.75, 3.05) is 26.1 Å². The second-order valence-electron chi connectivity index (χ2n) is 8.58. The fourth-order valence-electron chi connectivity index (χ4n) is 4.07. The first kappa shape index (κ1) is 25.4. The van der Waals surface area contributed by atoms with Gasteiger partial charge in [0.05, 0.1) is 42.2 Å². The van der Waals surface area contributed by atoms with E-state index in [4.69, 9.17) is 24.2 Å². The number of methoxy groups -OCH3 is 2. The van der Waals surface area contributed by atoms with Crippen molar-refractivity contribution < 1.29 is 23.8 Å². The van der Waals surface area contributed by atoms with Crippen LogP contribution in [0.3, 0.4) is 0 Å². The van der Waals surface area contributed by atoms with Crippen LogP contribution in [0, 0.1) is 0 Å². The van der Waals surface area contributed by atoms with Crippen LogP contribution in [-0.2, 0) is 9.53 Å². The minimum absolute atomic E-state index is 0.263. The maximum absolute atomic E-state index is 12.8. The highest BCUT2D eigenvalue weighted by atomic mass is 16.5. The van der Waals surface area contributed by atoms with Crippen LogP contribution in [0.1, 0.15) is 10.4 Å². The number of fused-ring (bicyclic) bond motifs is 1. The highest BCUT2D eigenvalue weighted by molar-refractivity contribution is 5.98. The SMILES string of the molecule is COc1cc(NC(=O)COC(=O)c2ccc3nc(-c4ccccc4)c(-c4ccccc4)nc3c2)cc(OC)c1. The number of anilines is 1. The van der Waals surface area contributed by atoms with Crippen molar-refractivity contribution >= 4 is 28.6 Å². The van der Waals surface area contributed by atoms with Gasteiger partial charge in [0.25, 0.3) is 5.91 Å². The van der Waals surface area contributed by atoms with E-state index in [1.54, 1.807) is 36.4 Å². The molecule has 0 bridgehead atoms. The minimum Gasteiger partial charge on any atom is -0.497 e. The van der Waals surface area contributed by atoms with Gasteiger partial charge in [-0.25, -0.2) is 14.8 Å². The van der Waals surface area contributed by atoms with Crippen LogP contribution in [0.25, 0.3) is 33.5 Å². The van der Waals surface area contributed by atoms with E-state index in [1.807, 2.05) is 60.7 Å². The molecule has 0 fully saturated rings. The summed E-state index contributed by atoms with van der Waals surface area (Å²) in [6, 6.07) is 29.5. The molecule has 4 aromatic carbocycles. The Bertz CT molecular complexity index is 1620. The van der Waals surface area contributed by atoms with Gasteiger partial charge >= 0.3 is 5.97 Å². The lowest BCUT2D eigenvalue weighted by Crippen LogP contribution is -2.21. The molecule has 0 spiro atoms. The van der Waals surface area contributed by atoms with Crippen molar-refractivity contribution in [3.05, 3.63) is 103 Å². The zero-order valence-corrected chi connectivity index (χ0v) is 21.4. The monoisotopic (exact) mass is 519 g/mol. The molecule has 39 heavy (non-hydrogen) atoms. The number of carbonyl (C=O) groups excluding carboxylic acids is 2. The number of benzene rings is 4. The predicted molar refractivity (Wildman–Crippen MR) is 149 cm³/mol. The van der Waals surface area contributed by atoms with E-state index in [-0.39, 0.29) is 5.56 Å². The molecule has 5 rings (SSSR count). The molecule has 1 amide bonds. The van der Waals surface area contributed by atoms with Crippen molar-refractivity contribution in [1.29, 1.82) is 0 Å². The van der Waals surface area contributed by atoms with E-state index in [0.717, 1.165) is 16.8 Å². The normalized spacial score (nSPS) is 10.6. The Morgan fingerprint density at radius 2 is 1.26 bits per heavy atom. The molecule has 5 aromatic rings. The Kier molecular flexibility index (Phi) is 7.45. The largest absolute Gasteiger partial charge is 0.497 e. The van der Waals surface area contributed by atoms with Crippen LogP contribution in [0.4, 0.5) is 5.69 Å². The Morgan fingerprint density at radius 3 is 1.82 bits per heavy atom. The van der Waals surface area contributed by atoms with Gasteiger partial charge in [-0.3, -0.25) is 4.79 Å². The van der Waals surface area contributed by atoms with Crippen LogP contribution in [-0.4, -0.2) is 42.7 Å². The van der Waals surface area contributed by atoms with E-state index >= 15 is 0 Å². The van der Waals surface area contributed by atoms with E-state index in [2.05, 4.69) is 5.32 Å². The molecule has 0 saturated heterocycles. The summed E-state index contributed by atoms with van der Waals surface area (Å²) < 4.78 is 15.7.